The number of imide groups is 1. The first-order valence-electron chi connectivity index (χ1n) is 8.28. The molecule has 3 rings (SSSR count). The molecule has 0 bridgehead atoms. The Morgan fingerprint density at radius 1 is 1.24 bits per heavy atom. The van der Waals surface area contributed by atoms with Crippen LogP contribution in [-0.4, -0.2) is 67.0 Å². The molecule has 1 aromatic carbocycles. The molecule has 2 saturated heterocycles. The second-order valence-corrected chi connectivity index (χ2v) is 6.27. The number of anilines is 1. The number of nitrogens with one attached hydrogen (secondary N) is 1. The van der Waals surface area contributed by atoms with Gasteiger partial charge in [0.1, 0.15) is 11.9 Å². The molecule has 0 radical (unpaired) electrons. The standard InChI is InChI=1S/C17H20FN5O2/c1-12-16(24)23(17(25)20-12)9-6-21-4-7-22(8-5-21)15-3-2-13(11-19)10-14(15)18/h2-3,10,12H,4-9H2,1H3,(H,20,25). The highest BCUT2D eigenvalue weighted by molar-refractivity contribution is 6.03. The lowest BCUT2D eigenvalue weighted by atomic mass is 10.2. The maximum absolute atomic E-state index is 14.1. The summed E-state index contributed by atoms with van der Waals surface area (Å²) in [7, 11) is 0. The average molecular weight is 345 g/mol. The predicted octanol–water partition coefficient (Wildman–Crippen LogP) is 0.760. The van der Waals surface area contributed by atoms with Crippen molar-refractivity contribution in [1.29, 1.82) is 5.26 Å². The summed E-state index contributed by atoms with van der Waals surface area (Å²) in [6.07, 6.45) is 0. The van der Waals surface area contributed by atoms with Crippen LogP contribution in [0.1, 0.15) is 12.5 Å². The Morgan fingerprint density at radius 2 is 1.96 bits per heavy atom. The van der Waals surface area contributed by atoms with E-state index in [0.717, 1.165) is 13.1 Å². The molecule has 25 heavy (non-hydrogen) atoms. The number of urea groups is 1. The van der Waals surface area contributed by atoms with Gasteiger partial charge < -0.3 is 10.2 Å². The number of amides is 3. The Bertz CT molecular complexity index is 724. The van der Waals surface area contributed by atoms with Crippen LogP contribution in [0.2, 0.25) is 0 Å². The summed E-state index contributed by atoms with van der Waals surface area (Å²) in [5.41, 5.74) is 0.809. The van der Waals surface area contributed by atoms with Crippen LogP contribution < -0.4 is 10.2 Å². The highest BCUT2D eigenvalue weighted by Gasteiger charge is 2.34. The second-order valence-electron chi connectivity index (χ2n) is 6.27. The zero-order valence-corrected chi connectivity index (χ0v) is 14.0. The van der Waals surface area contributed by atoms with Crippen molar-refractivity contribution in [1.82, 2.24) is 15.1 Å². The molecule has 132 valence electrons. The van der Waals surface area contributed by atoms with Gasteiger partial charge in [-0.15, -0.1) is 0 Å². The van der Waals surface area contributed by atoms with E-state index in [0.29, 0.717) is 37.4 Å². The van der Waals surface area contributed by atoms with Crippen molar-refractivity contribution < 1.29 is 14.0 Å². The number of carbonyl (C=O) groups is 2. The highest BCUT2D eigenvalue weighted by atomic mass is 19.1. The highest BCUT2D eigenvalue weighted by Crippen LogP contribution is 2.21. The molecular weight excluding hydrogens is 325 g/mol. The van der Waals surface area contributed by atoms with E-state index < -0.39 is 6.04 Å². The number of halogens is 1. The molecule has 1 aromatic rings. The molecule has 7 nitrogen and oxygen atoms in total. The topological polar surface area (TPSA) is 79.7 Å². The summed E-state index contributed by atoms with van der Waals surface area (Å²) in [4.78, 5) is 28.9. The Morgan fingerprint density at radius 3 is 2.52 bits per heavy atom. The van der Waals surface area contributed by atoms with Crippen LogP contribution in [-0.2, 0) is 4.79 Å². The van der Waals surface area contributed by atoms with Gasteiger partial charge in [0, 0.05) is 39.3 Å². The van der Waals surface area contributed by atoms with Crippen molar-refractivity contribution in [2.75, 3.05) is 44.2 Å². The molecule has 0 aromatic heterocycles. The minimum atomic E-state index is -0.455. The van der Waals surface area contributed by atoms with Gasteiger partial charge in [-0.25, -0.2) is 9.18 Å². The van der Waals surface area contributed by atoms with Crippen molar-refractivity contribution in [3.05, 3.63) is 29.6 Å². The Hall–Kier alpha value is -2.66. The number of carbonyl (C=O) groups excluding carboxylic acids is 2. The van der Waals surface area contributed by atoms with Gasteiger partial charge in [-0.05, 0) is 25.1 Å². The lowest BCUT2D eigenvalue weighted by Gasteiger charge is -2.36. The van der Waals surface area contributed by atoms with Crippen LogP contribution in [0.5, 0.6) is 0 Å². The third kappa shape index (κ3) is 3.56. The second kappa shape index (κ2) is 7.07. The summed E-state index contributed by atoms with van der Waals surface area (Å²) in [5, 5.41) is 11.4. The van der Waals surface area contributed by atoms with Crippen molar-refractivity contribution in [2.45, 2.75) is 13.0 Å². The summed E-state index contributed by atoms with van der Waals surface area (Å²) in [6, 6.07) is 5.64. The van der Waals surface area contributed by atoms with Crippen LogP contribution >= 0.6 is 0 Å². The minimum absolute atomic E-state index is 0.191. The van der Waals surface area contributed by atoms with Gasteiger partial charge in [-0.2, -0.15) is 5.26 Å². The molecule has 8 heteroatoms. The number of nitrogens with zero attached hydrogens (tertiary/aromatic N) is 4. The summed E-state index contributed by atoms with van der Waals surface area (Å²) in [5.74, 6) is -0.580. The fourth-order valence-corrected chi connectivity index (χ4v) is 3.16. The van der Waals surface area contributed by atoms with Gasteiger partial charge in [-0.3, -0.25) is 14.6 Å². The Kier molecular flexibility index (Phi) is 4.86. The van der Waals surface area contributed by atoms with Crippen molar-refractivity contribution in [2.24, 2.45) is 0 Å². The molecule has 2 aliphatic heterocycles. The molecule has 1 atom stereocenters. The predicted molar refractivity (Wildman–Crippen MR) is 89.5 cm³/mol. The van der Waals surface area contributed by atoms with E-state index in [1.165, 1.54) is 11.0 Å². The third-order valence-corrected chi connectivity index (χ3v) is 4.65. The van der Waals surface area contributed by atoms with Crippen LogP contribution in [0, 0.1) is 17.1 Å². The van der Waals surface area contributed by atoms with E-state index >= 15 is 0 Å². The minimum Gasteiger partial charge on any atom is -0.367 e. The van der Waals surface area contributed by atoms with Gasteiger partial charge in [0.15, 0.2) is 0 Å². The number of rotatable bonds is 4. The van der Waals surface area contributed by atoms with Crippen LogP contribution in [0.4, 0.5) is 14.9 Å². The Balaban J connectivity index is 1.52. The van der Waals surface area contributed by atoms with E-state index in [9.17, 15) is 14.0 Å². The molecule has 3 amide bonds. The van der Waals surface area contributed by atoms with E-state index in [1.807, 2.05) is 11.0 Å². The number of hydrogen-bond acceptors (Lipinski definition) is 5. The van der Waals surface area contributed by atoms with Crippen molar-refractivity contribution in [3.63, 3.8) is 0 Å². The fraction of sp³-hybridized carbons (Fsp3) is 0.471. The smallest absolute Gasteiger partial charge is 0.324 e. The maximum atomic E-state index is 14.1. The van der Waals surface area contributed by atoms with Gasteiger partial charge in [-0.1, -0.05) is 0 Å². The van der Waals surface area contributed by atoms with Crippen LogP contribution in [0.25, 0.3) is 0 Å². The zero-order chi connectivity index (χ0) is 18.0. The molecule has 2 aliphatic rings. The molecule has 1 N–H and O–H groups in total. The molecule has 2 fully saturated rings. The van der Waals surface area contributed by atoms with Gasteiger partial charge in [0.05, 0.1) is 17.3 Å². The lowest BCUT2D eigenvalue weighted by Crippen LogP contribution is -2.49. The van der Waals surface area contributed by atoms with Crippen molar-refractivity contribution in [3.8, 4) is 6.07 Å². The van der Waals surface area contributed by atoms with Crippen LogP contribution in [0.15, 0.2) is 18.2 Å². The Labute approximate surface area is 145 Å². The van der Waals surface area contributed by atoms with Crippen molar-refractivity contribution >= 4 is 17.6 Å². The lowest BCUT2D eigenvalue weighted by molar-refractivity contribution is -0.127. The van der Waals surface area contributed by atoms with Gasteiger partial charge >= 0.3 is 6.03 Å². The maximum Gasteiger partial charge on any atom is 0.324 e. The molecule has 1 unspecified atom stereocenters. The number of piperazine rings is 1. The number of hydrogen-bond donors (Lipinski definition) is 1. The first-order chi connectivity index (χ1) is 12.0. The summed E-state index contributed by atoms with van der Waals surface area (Å²) < 4.78 is 14.1. The SMILES string of the molecule is CC1NC(=O)N(CCN2CCN(c3ccc(C#N)cc3F)CC2)C1=O. The van der Waals surface area contributed by atoms with E-state index in [4.69, 9.17) is 5.26 Å². The van der Waals surface area contributed by atoms with E-state index in [1.54, 1.807) is 19.1 Å². The summed E-state index contributed by atoms with van der Waals surface area (Å²) in [6.45, 7) is 5.39. The normalized spacial score (nSPS) is 21.4. The molecule has 2 heterocycles. The van der Waals surface area contributed by atoms with Crippen LogP contribution in [0.3, 0.4) is 0 Å². The zero-order valence-electron chi connectivity index (χ0n) is 14.0. The fourth-order valence-electron chi connectivity index (χ4n) is 3.16. The molecule has 0 spiro atoms. The number of nitriles is 1. The van der Waals surface area contributed by atoms with Gasteiger partial charge in [0.2, 0.25) is 0 Å². The molecule has 0 aliphatic carbocycles. The summed E-state index contributed by atoms with van der Waals surface area (Å²) >= 11 is 0. The quantitative estimate of drug-likeness (QED) is 0.815. The first kappa shape index (κ1) is 17.2. The van der Waals surface area contributed by atoms with E-state index in [2.05, 4.69) is 10.2 Å². The first-order valence-corrected chi connectivity index (χ1v) is 8.28. The largest absolute Gasteiger partial charge is 0.367 e. The van der Waals surface area contributed by atoms with E-state index in [-0.39, 0.29) is 17.8 Å². The molecule has 0 saturated carbocycles. The molecular formula is C17H20FN5O2. The third-order valence-electron chi connectivity index (χ3n) is 4.65. The average Bonchev–Trinajstić information content (AvgIpc) is 2.85. The monoisotopic (exact) mass is 345 g/mol. The number of benzene rings is 1. The van der Waals surface area contributed by atoms with Gasteiger partial charge in [0.25, 0.3) is 5.91 Å².